The number of nitrogens with zero attached hydrogens (tertiary/aromatic N) is 1. The Balaban J connectivity index is 2.36. The topological polar surface area (TPSA) is 59.1 Å². The number of hydrogen-bond donors (Lipinski definition) is 1. The van der Waals surface area contributed by atoms with Crippen molar-refractivity contribution in [1.82, 2.24) is 4.98 Å². The Morgan fingerprint density at radius 3 is 2.63 bits per heavy atom. The number of sulfonamides is 1. The Labute approximate surface area is 122 Å². The molecule has 0 amide bonds. The highest BCUT2D eigenvalue weighted by Crippen LogP contribution is 2.27. The maximum absolute atomic E-state index is 13.0. The van der Waals surface area contributed by atoms with Gasteiger partial charge in [0.2, 0.25) is 0 Å². The van der Waals surface area contributed by atoms with Gasteiger partial charge < -0.3 is 0 Å². The minimum atomic E-state index is -3.90. The molecule has 4 nitrogen and oxygen atoms in total. The summed E-state index contributed by atoms with van der Waals surface area (Å²) in [5, 5.41) is 0.460. The molecule has 0 radical (unpaired) electrons. The van der Waals surface area contributed by atoms with E-state index in [4.69, 9.17) is 11.6 Å². The Morgan fingerprint density at radius 1 is 1.26 bits per heavy atom. The van der Waals surface area contributed by atoms with Crippen molar-refractivity contribution >= 4 is 43.2 Å². The van der Waals surface area contributed by atoms with E-state index in [2.05, 4.69) is 25.6 Å². The first-order valence-corrected chi connectivity index (χ1v) is 7.62. The largest absolute Gasteiger partial charge is 0.278 e. The molecule has 1 aromatic heterocycles. The van der Waals surface area contributed by atoms with E-state index in [-0.39, 0.29) is 4.90 Å². The van der Waals surface area contributed by atoms with Gasteiger partial charge in [-0.15, -0.1) is 0 Å². The van der Waals surface area contributed by atoms with Crippen molar-refractivity contribution in [2.24, 2.45) is 0 Å². The van der Waals surface area contributed by atoms with Gasteiger partial charge in [0, 0.05) is 15.7 Å². The van der Waals surface area contributed by atoms with Crippen molar-refractivity contribution in [3.05, 3.63) is 52.0 Å². The van der Waals surface area contributed by atoms with Crippen molar-refractivity contribution in [2.45, 2.75) is 4.90 Å². The van der Waals surface area contributed by atoms with Gasteiger partial charge in [0.25, 0.3) is 10.0 Å². The maximum Gasteiger partial charge on any atom is 0.263 e. The molecule has 1 aromatic carbocycles. The average Bonchev–Trinajstić information content (AvgIpc) is 2.33. The molecule has 8 heteroatoms. The predicted molar refractivity (Wildman–Crippen MR) is 74.2 cm³/mol. The molecule has 0 aliphatic heterocycles. The van der Waals surface area contributed by atoms with E-state index >= 15 is 0 Å². The van der Waals surface area contributed by atoms with E-state index in [9.17, 15) is 12.8 Å². The minimum Gasteiger partial charge on any atom is -0.278 e. The van der Waals surface area contributed by atoms with E-state index in [1.54, 1.807) is 6.07 Å². The van der Waals surface area contributed by atoms with E-state index in [1.165, 1.54) is 12.1 Å². The zero-order valence-electron chi connectivity index (χ0n) is 9.27. The summed E-state index contributed by atoms with van der Waals surface area (Å²) in [5.41, 5.74) is 0.300. The summed E-state index contributed by atoms with van der Waals surface area (Å²) in [7, 11) is -3.90. The molecule has 1 heterocycles. The summed E-state index contributed by atoms with van der Waals surface area (Å²) in [6, 6.07) is 5.47. The molecule has 2 rings (SSSR count). The molecule has 0 unspecified atom stereocenters. The predicted octanol–water partition coefficient (Wildman–Crippen LogP) is 3.44. The minimum absolute atomic E-state index is 0.255. The quantitative estimate of drug-likeness (QED) is 0.906. The zero-order chi connectivity index (χ0) is 14.0. The van der Waals surface area contributed by atoms with Crippen LogP contribution in [0.15, 0.2) is 46.0 Å². The molecule has 0 fully saturated rings. The van der Waals surface area contributed by atoms with Gasteiger partial charge in [0.1, 0.15) is 10.7 Å². The summed E-state index contributed by atoms with van der Waals surface area (Å²) in [6.45, 7) is 0. The highest BCUT2D eigenvalue weighted by atomic mass is 79.9. The number of nitrogens with one attached hydrogen (secondary N) is 1. The van der Waals surface area contributed by atoms with E-state index in [0.717, 1.165) is 18.5 Å². The molecule has 0 atom stereocenters. The van der Waals surface area contributed by atoms with E-state index in [0.29, 0.717) is 15.2 Å². The van der Waals surface area contributed by atoms with Crippen LogP contribution in [0.3, 0.4) is 0 Å². The second kappa shape index (κ2) is 5.44. The first kappa shape index (κ1) is 14.2. The monoisotopic (exact) mass is 364 g/mol. The molecule has 19 heavy (non-hydrogen) atoms. The van der Waals surface area contributed by atoms with Gasteiger partial charge in [-0.25, -0.2) is 12.8 Å². The third kappa shape index (κ3) is 3.43. The highest BCUT2D eigenvalue weighted by molar-refractivity contribution is 9.10. The molecule has 2 aromatic rings. The first-order chi connectivity index (χ1) is 8.88. The fourth-order valence-electron chi connectivity index (χ4n) is 1.32. The fraction of sp³-hybridized carbons (Fsp3) is 0. The van der Waals surface area contributed by atoms with Gasteiger partial charge in [-0.1, -0.05) is 11.6 Å². The third-order valence-electron chi connectivity index (χ3n) is 2.17. The fourth-order valence-corrected chi connectivity index (χ4v) is 3.28. The summed E-state index contributed by atoms with van der Waals surface area (Å²) in [6.07, 6.45) is 1.99. The van der Waals surface area contributed by atoms with Crippen molar-refractivity contribution in [2.75, 3.05) is 4.72 Å². The van der Waals surface area contributed by atoms with Crippen LogP contribution in [-0.2, 0) is 10.0 Å². The van der Waals surface area contributed by atoms with Crippen molar-refractivity contribution < 1.29 is 12.8 Å². The van der Waals surface area contributed by atoms with Gasteiger partial charge in [0.05, 0.1) is 11.9 Å². The van der Waals surface area contributed by atoms with Crippen LogP contribution in [0.1, 0.15) is 0 Å². The van der Waals surface area contributed by atoms with Gasteiger partial charge in [-0.05, 0) is 40.2 Å². The first-order valence-electron chi connectivity index (χ1n) is 4.97. The van der Waals surface area contributed by atoms with Crippen LogP contribution < -0.4 is 4.72 Å². The van der Waals surface area contributed by atoms with Crippen LogP contribution >= 0.6 is 27.5 Å². The Kier molecular flexibility index (Phi) is 4.07. The molecule has 0 bridgehead atoms. The molecule has 0 aliphatic rings. The lowest BCUT2D eigenvalue weighted by molar-refractivity contribution is 0.592. The molecule has 0 saturated heterocycles. The van der Waals surface area contributed by atoms with Crippen LogP contribution in [0.2, 0.25) is 5.02 Å². The van der Waals surface area contributed by atoms with Crippen molar-refractivity contribution in [1.29, 1.82) is 0 Å². The van der Waals surface area contributed by atoms with Crippen molar-refractivity contribution in [3.8, 4) is 0 Å². The molecule has 0 aliphatic carbocycles. The standard InChI is InChI=1S/C11H7BrClFN2O2S/c12-10-3-7(13)1-2-11(10)16-19(17,18)9-4-8(14)5-15-6-9/h1-6,16H. The number of benzene rings is 1. The van der Waals surface area contributed by atoms with Gasteiger partial charge >= 0.3 is 0 Å². The lowest BCUT2D eigenvalue weighted by Crippen LogP contribution is -2.13. The smallest absolute Gasteiger partial charge is 0.263 e. The van der Waals surface area contributed by atoms with E-state index in [1.807, 2.05) is 0 Å². The molecule has 100 valence electrons. The normalized spacial score (nSPS) is 11.3. The second-order valence-corrected chi connectivity index (χ2v) is 6.54. The van der Waals surface area contributed by atoms with Gasteiger partial charge in [-0.2, -0.15) is 0 Å². The summed E-state index contributed by atoms with van der Waals surface area (Å²) < 4.78 is 39.8. The highest BCUT2D eigenvalue weighted by Gasteiger charge is 2.16. The number of aromatic nitrogens is 1. The lowest BCUT2D eigenvalue weighted by Gasteiger charge is -2.09. The second-order valence-electron chi connectivity index (χ2n) is 3.57. The molecule has 1 N–H and O–H groups in total. The lowest BCUT2D eigenvalue weighted by atomic mass is 10.3. The third-order valence-corrected chi connectivity index (χ3v) is 4.39. The Morgan fingerprint density at radius 2 is 2.00 bits per heavy atom. The Bertz CT molecular complexity index is 724. The van der Waals surface area contributed by atoms with E-state index < -0.39 is 15.8 Å². The number of anilines is 1. The van der Waals surface area contributed by atoms with Crippen LogP contribution in [-0.4, -0.2) is 13.4 Å². The van der Waals surface area contributed by atoms with Gasteiger partial charge in [0.15, 0.2) is 0 Å². The SMILES string of the molecule is O=S(=O)(Nc1ccc(Cl)cc1Br)c1cncc(F)c1. The molecule has 0 saturated carbocycles. The van der Waals surface area contributed by atoms with Crippen LogP contribution in [0.25, 0.3) is 0 Å². The summed E-state index contributed by atoms with van der Waals surface area (Å²) in [5.74, 6) is -0.724. The van der Waals surface area contributed by atoms with Crippen molar-refractivity contribution in [3.63, 3.8) is 0 Å². The Hall–Kier alpha value is -1.18. The number of rotatable bonds is 3. The van der Waals surface area contributed by atoms with Crippen LogP contribution in [0.5, 0.6) is 0 Å². The maximum atomic E-state index is 13.0. The van der Waals surface area contributed by atoms with Crippen LogP contribution in [0, 0.1) is 5.82 Å². The number of pyridine rings is 1. The number of halogens is 3. The van der Waals surface area contributed by atoms with Gasteiger partial charge in [-0.3, -0.25) is 9.71 Å². The summed E-state index contributed by atoms with van der Waals surface area (Å²) in [4.78, 5) is 3.25. The number of hydrogen-bond acceptors (Lipinski definition) is 3. The average molecular weight is 366 g/mol. The zero-order valence-corrected chi connectivity index (χ0v) is 12.4. The molecule has 0 spiro atoms. The molecular weight excluding hydrogens is 359 g/mol. The molecular formula is C11H7BrClFN2O2S. The summed E-state index contributed by atoms with van der Waals surface area (Å²) >= 11 is 8.94. The van der Waals surface area contributed by atoms with Crippen LogP contribution in [0.4, 0.5) is 10.1 Å².